The average Bonchev–Trinajstić information content (AvgIpc) is 1.83. The second kappa shape index (κ2) is 3.94. The molecule has 80 valence electrons. The number of hydrogen-bond acceptors (Lipinski definition) is 3. The fourth-order valence-corrected chi connectivity index (χ4v) is 2.39. The lowest BCUT2D eigenvalue weighted by molar-refractivity contribution is 0.236. The van der Waals surface area contributed by atoms with E-state index >= 15 is 0 Å². The van der Waals surface area contributed by atoms with E-state index in [1.807, 2.05) is 20.8 Å². The summed E-state index contributed by atoms with van der Waals surface area (Å²) in [6.07, 6.45) is 0. The van der Waals surface area contributed by atoms with E-state index in [-0.39, 0.29) is 17.9 Å². The predicted octanol–water partition coefficient (Wildman–Crippen LogP) is 0.884. The quantitative estimate of drug-likeness (QED) is 0.676. The first-order valence-electron chi connectivity index (χ1n) is 4.27. The van der Waals surface area contributed by atoms with Crippen LogP contribution in [0.1, 0.15) is 27.7 Å². The van der Waals surface area contributed by atoms with E-state index in [0.29, 0.717) is 0 Å². The molecule has 0 aromatic rings. The molecule has 0 fully saturated rings. The Morgan fingerprint density at radius 1 is 1.38 bits per heavy atom. The van der Waals surface area contributed by atoms with Crippen LogP contribution in [0.4, 0.5) is 0 Å². The van der Waals surface area contributed by atoms with Crippen LogP contribution >= 0.6 is 0 Å². The maximum atomic E-state index is 10.9. The standard InChI is InChI=1S/C8H19NO3S/c1-6(13(10,11)12)7(5-9)8(2,3)4/h6-7H,5,9H2,1-4H3,(H,10,11,12). The van der Waals surface area contributed by atoms with Crippen LogP contribution in [0.5, 0.6) is 0 Å². The highest BCUT2D eigenvalue weighted by molar-refractivity contribution is 7.86. The van der Waals surface area contributed by atoms with Crippen molar-refractivity contribution in [2.24, 2.45) is 17.1 Å². The van der Waals surface area contributed by atoms with Crippen LogP contribution in [0.25, 0.3) is 0 Å². The molecule has 13 heavy (non-hydrogen) atoms. The molecule has 5 heteroatoms. The summed E-state index contributed by atoms with van der Waals surface area (Å²) in [4.78, 5) is 0. The van der Waals surface area contributed by atoms with Crippen LogP contribution in [0.2, 0.25) is 0 Å². The van der Waals surface area contributed by atoms with Gasteiger partial charge >= 0.3 is 0 Å². The Bertz CT molecular complexity index is 253. The first kappa shape index (κ1) is 12.9. The van der Waals surface area contributed by atoms with Crippen molar-refractivity contribution in [3.05, 3.63) is 0 Å². The van der Waals surface area contributed by atoms with Crippen molar-refractivity contribution < 1.29 is 13.0 Å². The van der Waals surface area contributed by atoms with E-state index in [1.54, 1.807) is 0 Å². The number of hydrogen-bond donors (Lipinski definition) is 2. The third kappa shape index (κ3) is 3.62. The molecule has 0 aromatic heterocycles. The molecule has 0 aliphatic carbocycles. The monoisotopic (exact) mass is 209 g/mol. The molecule has 0 amide bonds. The lowest BCUT2D eigenvalue weighted by Crippen LogP contribution is -2.40. The predicted molar refractivity (Wildman–Crippen MR) is 53.0 cm³/mol. The van der Waals surface area contributed by atoms with Crippen molar-refractivity contribution in [1.82, 2.24) is 0 Å². The molecule has 3 N–H and O–H groups in total. The molecule has 0 aliphatic rings. The van der Waals surface area contributed by atoms with Crippen molar-refractivity contribution in [2.45, 2.75) is 32.9 Å². The molecule has 0 saturated heterocycles. The molecule has 0 spiro atoms. The first-order chi connectivity index (χ1) is 5.60. The Morgan fingerprint density at radius 2 is 1.77 bits per heavy atom. The fraction of sp³-hybridized carbons (Fsp3) is 1.00. The summed E-state index contributed by atoms with van der Waals surface area (Å²) in [5.41, 5.74) is 5.26. The molecule has 0 aliphatic heterocycles. The van der Waals surface area contributed by atoms with Gasteiger partial charge in [-0.2, -0.15) is 8.42 Å². The Balaban J connectivity index is 4.82. The highest BCUT2D eigenvalue weighted by atomic mass is 32.2. The molecule has 0 aromatic carbocycles. The zero-order chi connectivity index (χ0) is 10.9. The highest BCUT2D eigenvalue weighted by Crippen LogP contribution is 2.30. The van der Waals surface area contributed by atoms with Gasteiger partial charge in [0.1, 0.15) is 0 Å². The Labute approximate surface area is 80.3 Å². The number of rotatable bonds is 3. The van der Waals surface area contributed by atoms with Gasteiger partial charge in [0, 0.05) is 0 Å². The summed E-state index contributed by atoms with van der Waals surface area (Å²) >= 11 is 0. The van der Waals surface area contributed by atoms with E-state index in [2.05, 4.69) is 0 Å². The molecular weight excluding hydrogens is 190 g/mol. The maximum absolute atomic E-state index is 10.9. The smallest absolute Gasteiger partial charge is 0.267 e. The summed E-state index contributed by atoms with van der Waals surface area (Å²) in [6, 6.07) is 0. The van der Waals surface area contributed by atoms with Gasteiger partial charge in [0.15, 0.2) is 0 Å². The highest BCUT2D eigenvalue weighted by Gasteiger charge is 2.35. The third-order valence-corrected chi connectivity index (χ3v) is 3.67. The van der Waals surface area contributed by atoms with Gasteiger partial charge in [-0.3, -0.25) is 4.55 Å². The van der Waals surface area contributed by atoms with Crippen LogP contribution in [0.15, 0.2) is 0 Å². The second-order valence-electron chi connectivity index (χ2n) is 4.43. The molecule has 2 atom stereocenters. The lowest BCUT2D eigenvalue weighted by atomic mass is 9.79. The molecule has 0 saturated carbocycles. The van der Waals surface area contributed by atoms with E-state index in [4.69, 9.17) is 10.3 Å². The number of nitrogens with two attached hydrogens (primary N) is 1. The van der Waals surface area contributed by atoms with Gasteiger partial charge in [-0.05, 0) is 24.8 Å². The Morgan fingerprint density at radius 3 is 1.85 bits per heavy atom. The molecule has 0 heterocycles. The van der Waals surface area contributed by atoms with Crippen LogP contribution < -0.4 is 5.73 Å². The molecular formula is C8H19NO3S. The van der Waals surface area contributed by atoms with Crippen LogP contribution in [0.3, 0.4) is 0 Å². The minimum absolute atomic E-state index is 0.218. The van der Waals surface area contributed by atoms with Crippen LogP contribution in [0, 0.1) is 11.3 Å². The lowest BCUT2D eigenvalue weighted by Gasteiger charge is -2.32. The van der Waals surface area contributed by atoms with Crippen molar-refractivity contribution >= 4 is 10.1 Å². The topological polar surface area (TPSA) is 80.4 Å². The van der Waals surface area contributed by atoms with Crippen molar-refractivity contribution in [1.29, 1.82) is 0 Å². The summed E-state index contributed by atoms with van der Waals surface area (Å²) < 4.78 is 30.6. The van der Waals surface area contributed by atoms with Gasteiger partial charge < -0.3 is 5.73 Å². The second-order valence-corrected chi connectivity index (χ2v) is 6.20. The largest absolute Gasteiger partial charge is 0.330 e. The SMILES string of the molecule is CC(C(CN)C(C)(C)C)S(=O)(=O)O. The molecule has 4 nitrogen and oxygen atoms in total. The molecule has 2 unspecified atom stereocenters. The van der Waals surface area contributed by atoms with Crippen LogP contribution in [-0.4, -0.2) is 24.8 Å². The van der Waals surface area contributed by atoms with Gasteiger partial charge in [0.2, 0.25) is 0 Å². The summed E-state index contributed by atoms with van der Waals surface area (Å²) in [5, 5.41) is -0.808. The van der Waals surface area contributed by atoms with E-state index in [0.717, 1.165) is 0 Å². The first-order valence-corrected chi connectivity index (χ1v) is 5.77. The fourth-order valence-electron chi connectivity index (χ4n) is 1.46. The normalized spacial score (nSPS) is 18.3. The van der Waals surface area contributed by atoms with Crippen LogP contribution in [-0.2, 0) is 10.1 Å². The van der Waals surface area contributed by atoms with E-state index in [1.165, 1.54) is 6.92 Å². The average molecular weight is 209 g/mol. The summed E-state index contributed by atoms with van der Waals surface area (Å²) in [7, 11) is -3.98. The zero-order valence-electron chi connectivity index (χ0n) is 8.61. The van der Waals surface area contributed by atoms with Gasteiger partial charge in [-0.1, -0.05) is 20.8 Å². The van der Waals surface area contributed by atoms with Crippen molar-refractivity contribution in [3.63, 3.8) is 0 Å². The van der Waals surface area contributed by atoms with Gasteiger partial charge in [0.25, 0.3) is 10.1 Å². The minimum Gasteiger partial charge on any atom is -0.330 e. The summed E-state index contributed by atoms with van der Waals surface area (Å²) in [5.74, 6) is -0.234. The van der Waals surface area contributed by atoms with Gasteiger partial charge in [-0.15, -0.1) is 0 Å². The maximum Gasteiger partial charge on any atom is 0.267 e. The van der Waals surface area contributed by atoms with E-state index < -0.39 is 15.4 Å². The third-order valence-electron chi connectivity index (χ3n) is 2.40. The minimum atomic E-state index is -3.98. The van der Waals surface area contributed by atoms with Crippen molar-refractivity contribution in [3.8, 4) is 0 Å². The van der Waals surface area contributed by atoms with Gasteiger partial charge in [0.05, 0.1) is 5.25 Å². The van der Waals surface area contributed by atoms with Crippen molar-refractivity contribution in [2.75, 3.05) is 6.54 Å². The zero-order valence-corrected chi connectivity index (χ0v) is 9.43. The van der Waals surface area contributed by atoms with Gasteiger partial charge in [-0.25, -0.2) is 0 Å². The molecule has 0 rings (SSSR count). The molecule has 0 bridgehead atoms. The van der Waals surface area contributed by atoms with E-state index in [9.17, 15) is 8.42 Å². The summed E-state index contributed by atoms with van der Waals surface area (Å²) in [6.45, 7) is 7.47. The Kier molecular flexibility index (Phi) is 3.90. The molecule has 0 radical (unpaired) electrons. The Hall–Kier alpha value is -0.130.